The summed E-state index contributed by atoms with van der Waals surface area (Å²) in [7, 11) is 0. The highest BCUT2D eigenvalue weighted by atomic mass is 35.5. The Hall–Kier alpha value is -2.44. The van der Waals surface area contributed by atoms with E-state index in [1.54, 1.807) is 25.1 Å². The smallest absolute Gasteiger partial charge is 0.269 e. The zero-order chi connectivity index (χ0) is 17.7. The molecule has 0 atom stereocenters. The van der Waals surface area contributed by atoms with Crippen LogP contribution >= 0.6 is 23.2 Å². The van der Waals surface area contributed by atoms with E-state index in [9.17, 15) is 14.9 Å². The number of non-ortho nitro benzene ring substituents is 1. The number of carbonyl (C=O) groups excluding carboxylic acids is 1. The summed E-state index contributed by atoms with van der Waals surface area (Å²) in [5, 5.41) is 15.4. The molecule has 0 radical (unpaired) electrons. The molecule has 24 heavy (non-hydrogen) atoms. The van der Waals surface area contributed by atoms with Crippen LogP contribution in [0.2, 0.25) is 10.0 Å². The normalized spacial score (nSPS) is 11.2. The first-order chi connectivity index (χ1) is 11.4. The van der Waals surface area contributed by atoms with Crippen molar-refractivity contribution in [1.29, 1.82) is 0 Å². The number of amides is 1. The molecule has 2 aromatic rings. The maximum absolute atomic E-state index is 11.9. The summed E-state index contributed by atoms with van der Waals surface area (Å²) in [5.41, 5.74) is 4.38. The van der Waals surface area contributed by atoms with Crippen LogP contribution in [0.5, 0.6) is 0 Å². The zero-order valence-electron chi connectivity index (χ0n) is 12.6. The van der Waals surface area contributed by atoms with E-state index >= 15 is 0 Å². The van der Waals surface area contributed by atoms with Crippen molar-refractivity contribution in [3.05, 3.63) is 73.8 Å². The van der Waals surface area contributed by atoms with Crippen LogP contribution in [0.3, 0.4) is 0 Å². The number of carbonyl (C=O) groups is 1. The van der Waals surface area contributed by atoms with E-state index < -0.39 is 4.92 Å². The second kappa shape index (κ2) is 7.90. The molecule has 0 fully saturated rings. The van der Waals surface area contributed by atoms with Crippen LogP contribution in [0.15, 0.2) is 47.6 Å². The highest BCUT2D eigenvalue weighted by Crippen LogP contribution is 2.22. The molecular weight excluding hydrogens is 353 g/mol. The van der Waals surface area contributed by atoms with E-state index in [0.717, 1.165) is 5.56 Å². The molecule has 0 aliphatic heterocycles. The number of benzene rings is 2. The van der Waals surface area contributed by atoms with Crippen molar-refractivity contribution in [3.8, 4) is 0 Å². The SMILES string of the molecule is C/C(=N/NC(=O)Cc1ccc([N+](=O)[O-])cc1)c1ccc(Cl)c(Cl)c1. The molecule has 0 bridgehead atoms. The van der Waals surface area contributed by atoms with E-state index in [-0.39, 0.29) is 18.0 Å². The number of nitro benzene ring substituents is 1. The van der Waals surface area contributed by atoms with Gasteiger partial charge in [-0.25, -0.2) is 5.43 Å². The molecule has 0 saturated carbocycles. The Morgan fingerprint density at radius 3 is 2.42 bits per heavy atom. The average Bonchev–Trinajstić information content (AvgIpc) is 2.55. The number of nitrogens with one attached hydrogen (secondary N) is 1. The van der Waals surface area contributed by atoms with Crippen molar-refractivity contribution in [3.63, 3.8) is 0 Å². The van der Waals surface area contributed by atoms with Crippen molar-refractivity contribution >= 4 is 40.5 Å². The second-order valence-corrected chi connectivity index (χ2v) is 5.78. The monoisotopic (exact) mass is 365 g/mol. The molecule has 0 heterocycles. The summed E-state index contributed by atoms with van der Waals surface area (Å²) in [6, 6.07) is 10.8. The van der Waals surface area contributed by atoms with E-state index in [2.05, 4.69) is 10.5 Å². The highest BCUT2D eigenvalue weighted by Gasteiger charge is 2.08. The number of hydrazone groups is 1. The minimum Gasteiger partial charge on any atom is -0.273 e. The van der Waals surface area contributed by atoms with Gasteiger partial charge in [-0.05, 0) is 30.2 Å². The third kappa shape index (κ3) is 4.78. The molecule has 1 amide bonds. The second-order valence-electron chi connectivity index (χ2n) is 4.96. The summed E-state index contributed by atoms with van der Waals surface area (Å²) in [6.07, 6.45) is 0.0656. The predicted octanol–water partition coefficient (Wildman–Crippen LogP) is 3.98. The van der Waals surface area contributed by atoms with E-state index in [0.29, 0.717) is 21.3 Å². The molecule has 0 aromatic heterocycles. The van der Waals surface area contributed by atoms with Gasteiger partial charge in [0.1, 0.15) is 0 Å². The molecule has 124 valence electrons. The van der Waals surface area contributed by atoms with Crippen LogP contribution in [0.4, 0.5) is 5.69 Å². The number of halogens is 2. The average molecular weight is 366 g/mol. The fourth-order valence-electron chi connectivity index (χ4n) is 1.89. The fraction of sp³-hybridized carbons (Fsp3) is 0.125. The van der Waals surface area contributed by atoms with Gasteiger partial charge < -0.3 is 0 Å². The molecule has 2 rings (SSSR count). The molecule has 1 N–H and O–H groups in total. The first-order valence-corrected chi connectivity index (χ1v) is 7.64. The lowest BCUT2D eigenvalue weighted by atomic mass is 10.1. The van der Waals surface area contributed by atoms with Crippen molar-refractivity contribution in [1.82, 2.24) is 5.43 Å². The Bertz CT molecular complexity index is 805. The van der Waals surface area contributed by atoms with Crippen molar-refractivity contribution in [2.24, 2.45) is 5.10 Å². The van der Waals surface area contributed by atoms with Gasteiger partial charge in [-0.15, -0.1) is 0 Å². The van der Waals surface area contributed by atoms with Gasteiger partial charge in [0.2, 0.25) is 5.91 Å². The van der Waals surface area contributed by atoms with E-state index in [1.165, 1.54) is 24.3 Å². The van der Waals surface area contributed by atoms with Gasteiger partial charge in [0.15, 0.2) is 0 Å². The molecule has 0 aliphatic carbocycles. The van der Waals surface area contributed by atoms with Crippen LogP contribution in [-0.4, -0.2) is 16.5 Å². The first-order valence-electron chi connectivity index (χ1n) is 6.88. The lowest BCUT2D eigenvalue weighted by Gasteiger charge is -2.04. The Balaban J connectivity index is 1.98. The van der Waals surface area contributed by atoms with Crippen LogP contribution in [0.1, 0.15) is 18.1 Å². The topological polar surface area (TPSA) is 84.6 Å². The van der Waals surface area contributed by atoms with Gasteiger partial charge in [-0.2, -0.15) is 5.10 Å². The maximum atomic E-state index is 11.9. The van der Waals surface area contributed by atoms with Crippen molar-refractivity contribution < 1.29 is 9.72 Å². The lowest BCUT2D eigenvalue weighted by molar-refractivity contribution is -0.384. The van der Waals surface area contributed by atoms with Crippen LogP contribution in [-0.2, 0) is 11.2 Å². The Morgan fingerprint density at radius 2 is 1.83 bits per heavy atom. The lowest BCUT2D eigenvalue weighted by Crippen LogP contribution is -2.21. The van der Waals surface area contributed by atoms with Gasteiger partial charge in [-0.3, -0.25) is 14.9 Å². The Labute approximate surface area is 148 Å². The number of hydrogen-bond acceptors (Lipinski definition) is 4. The minimum atomic E-state index is -0.491. The third-order valence-corrected chi connectivity index (χ3v) is 3.94. The summed E-state index contributed by atoms with van der Waals surface area (Å²) in [4.78, 5) is 22.0. The first kappa shape index (κ1) is 17.9. The number of nitro groups is 1. The highest BCUT2D eigenvalue weighted by molar-refractivity contribution is 6.42. The molecule has 8 heteroatoms. The Morgan fingerprint density at radius 1 is 1.17 bits per heavy atom. The Kier molecular flexibility index (Phi) is 5.89. The minimum absolute atomic E-state index is 0.0207. The van der Waals surface area contributed by atoms with Gasteiger partial charge >= 0.3 is 0 Å². The standard InChI is InChI=1S/C16H13Cl2N3O3/c1-10(12-4-7-14(17)15(18)9-12)19-20-16(22)8-11-2-5-13(6-3-11)21(23)24/h2-7,9H,8H2,1H3,(H,20,22)/b19-10-. The van der Waals surface area contributed by atoms with Crippen LogP contribution in [0, 0.1) is 10.1 Å². The van der Waals surface area contributed by atoms with Crippen LogP contribution < -0.4 is 5.43 Å². The molecule has 0 unspecified atom stereocenters. The molecule has 0 saturated heterocycles. The van der Waals surface area contributed by atoms with Gasteiger partial charge in [0.25, 0.3) is 5.69 Å². The summed E-state index contributed by atoms with van der Waals surface area (Å²) >= 11 is 11.8. The predicted molar refractivity (Wildman–Crippen MR) is 93.6 cm³/mol. The van der Waals surface area contributed by atoms with Gasteiger partial charge in [0, 0.05) is 12.1 Å². The molecule has 6 nitrogen and oxygen atoms in total. The summed E-state index contributed by atoms with van der Waals surface area (Å²) < 4.78 is 0. The van der Waals surface area contributed by atoms with Gasteiger partial charge in [-0.1, -0.05) is 41.4 Å². The van der Waals surface area contributed by atoms with Crippen molar-refractivity contribution in [2.75, 3.05) is 0 Å². The quantitative estimate of drug-likeness (QED) is 0.493. The van der Waals surface area contributed by atoms with Crippen molar-refractivity contribution in [2.45, 2.75) is 13.3 Å². The van der Waals surface area contributed by atoms with E-state index in [4.69, 9.17) is 23.2 Å². The summed E-state index contributed by atoms with van der Waals surface area (Å²) in [5.74, 6) is -0.330. The molecule has 0 aliphatic rings. The van der Waals surface area contributed by atoms with E-state index in [1.807, 2.05) is 0 Å². The number of nitrogens with zero attached hydrogens (tertiary/aromatic N) is 2. The van der Waals surface area contributed by atoms with Gasteiger partial charge in [0.05, 0.1) is 27.1 Å². The fourth-order valence-corrected chi connectivity index (χ4v) is 2.19. The summed E-state index contributed by atoms with van der Waals surface area (Å²) in [6.45, 7) is 1.73. The largest absolute Gasteiger partial charge is 0.273 e. The number of rotatable bonds is 5. The maximum Gasteiger partial charge on any atom is 0.269 e. The molecular formula is C16H13Cl2N3O3. The molecule has 0 spiro atoms. The zero-order valence-corrected chi connectivity index (χ0v) is 14.1. The van der Waals surface area contributed by atoms with Crippen LogP contribution in [0.25, 0.3) is 0 Å². The number of hydrogen-bond donors (Lipinski definition) is 1. The third-order valence-electron chi connectivity index (χ3n) is 3.20. The molecule has 2 aromatic carbocycles.